The van der Waals surface area contributed by atoms with Gasteiger partial charge in [-0.2, -0.15) is 5.10 Å². The number of nitrogens with zero attached hydrogens (tertiary/aromatic N) is 3. The van der Waals surface area contributed by atoms with Gasteiger partial charge in [0.1, 0.15) is 33.5 Å². The molecule has 41 heavy (non-hydrogen) atoms. The van der Waals surface area contributed by atoms with Crippen LogP contribution in [0.4, 0.5) is 14.5 Å². The number of fused-ring (bicyclic) bond motifs is 1. The summed E-state index contributed by atoms with van der Waals surface area (Å²) in [5.74, 6) is -0.461. The Morgan fingerprint density at radius 1 is 1.15 bits per heavy atom. The molecule has 5 rings (SSSR count). The fraction of sp³-hybridized carbons (Fsp3) is 0.241. The molecule has 0 aliphatic carbocycles. The van der Waals surface area contributed by atoms with Crippen LogP contribution < -0.4 is 15.8 Å². The largest absolute Gasteiger partial charge is 0.486 e. The molecule has 0 atom stereocenters. The van der Waals surface area contributed by atoms with Crippen LogP contribution in [0.25, 0.3) is 21.3 Å². The van der Waals surface area contributed by atoms with Crippen molar-refractivity contribution < 1.29 is 27.5 Å². The summed E-state index contributed by atoms with van der Waals surface area (Å²) in [5.41, 5.74) is 7.93. The standard InChI is InChI=1S/C29H27F2N5O4S/c1-4-16-6-8-17(9-7-16)39-14-18-10-11-22(40-18)28(38)34-24-23-19(20-13-36(5-2)35-15(20)3)12-21(26(30)31)33-29(23)41-25(24)27(32)37/h6-13,26H,4-5,14H2,1-3H3,(H2,32,37)(H,34,38). The van der Waals surface area contributed by atoms with Crippen molar-refractivity contribution in [2.24, 2.45) is 5.73 Å². The third-order valence-electron chi connectivity index (χ3n) is 6.53. The molecule has 0 fully saturated rings. The highest BCUT2D eigenvalue weighted by atomic mass is 32.1. The second-order valence-corrected chi connectivity index (χ2v) is 10.2. The molecule has 12 heteroatoms. The van der Waals surface area contributed by atoms with Crippen molar-refractivity contribution >= 4 is 39.1 Å². The lowest BCUT2D eigenvalue weighted by molar-refractivity contribution is 0.0992. The number of anilines is 1. The molecule has 4 heterocycles. The first-order chi connectivity index (χ1) is 19.7. The van der Waals surface area contributed by atoms with E-state index in [0.717, 1.165) is 17.8 Å². The maximum absolute atomic E-state index is 13.8. The number of ether oxygens (including phenoxy) is 1. The molecule has 0 unspecified atom stereocenters. The lowest BCUT2D eigenvalue weighted by atomic mass is 10.0. The van der Waals surface area contributed by atoms with E-state index >= 15 is 0 Å². The molecule has 1 aromatic carbocycles. The van der Waals surface area contributed by atoms with Crippen LogP contribution in [0.1, 0.15) is 63.2 Å². The molecule has 0 spiro atoms. The topological polar surface area (TPSA) is 125 Å². The van der Waals surface area contributed by atoms with E-state index in [1.165, 1.54) is 17.7 Å². The Labute approximate surface area is 237 Å². The van der Waals surface area contributed by atoms with Gasteiger partial charge in [-0.05, 0) is 61.7 Å². The van der Waals surface area contributed by atoms with Gasteiger partial charge in [0.15, 0.2) is 5.76 Å². The van der Waals surface area contributed by atoms with Gasteiger partial charge in [-0.15, -0.1) is 11.3 Å². The van der Waals surface area contributed by atoms with Crippen molar-refractivity contribution in [3.05, 3.63) is 82.0 Å². The van der Waals surface area contributed by atoms with Gasteiger partial charge in [0, 0.05) is 23.7 Å². The van der Waals surface area contributed by atoms with Crippen molar-refractivity contribution in [1.82, 2.24) is 14.8 Å². The molecule has 4 aromatic heterocycles. The highest BCUT2D eigenvalue weighted by Gasteiger charge is 2.27. The molecule has 0 bridgehead atoms. The lowest BCUT2D eigenvalue weighted by Gasteiger charge is -2.10. The number of primary amides is 1. The number of nitrogens with two attached hydrogens (primary N) is 1. The zero-order chi connectivity index (χ0) is 29.3. The predicted octanol–water partition coefficient (Wildman–Crippen LogP) is 6.51. The van der Waals surface area contributed by atoms with Gasteiger partial charge < -0.3 is 20.2 Å². The second-order valence-electron chi connectivity index (χ2n) is 9.24. The molecule has 212 valence electrons. The number of nitrogens with one attached hydrogen (secondary N) is 1. The Bertz CT molecular complexity index is 1740. The third kappa shape index (κ3) is 5.68. The molecule has 3 N–H and O–H groups in total. The molecule has 5 aromatic rings. The smallest absolute Gasteiger partial charge is 0.291 e. The molecule has 0 radical (unpaired) electrons. The number of aryl methyl sites for hydroxylation is 3. The maximum atomic E-state index is 13.8. The van der Waals surface area contributed by atoms with Gasteiger partial charge in [0.2, 0.25) is 0 Å². The molecule has 9 nitrogen and oxygen atoms in total. The summed E-state index contributed by atoms with van der Waals surface area (Å²) in [4.78, 5) is 29.9. The maximum Gasteiger partial charge on any atom is 0.291 e. The number of rotatable bonds is 10. The average Bonchev–Trinajstić information content (AvgIpc) is 3.68. The van der Waals surface area contributed by atoms with Crippen molar-refractivity contribution in [1.29, 1.82) is 0 Å². The number of amides is 2. The van der Waals surface area contributed by atoms with Gasteiger partial charge in [-0.1, -0.05) is 19.1 Å². The molecule has 0 aliphatic heterocycles. The van der Waals surface area contributed by atoms with Crippen LogP contribution in [0.3, 0.4) is 0 Å². The van der Waals surface area contributed by atoms with E-state index < -0.39 is 23.9 Å². The fourth-order valence-corrected chi connectivity index (χ4v) is 5.42. The van der Waals surface area contributed by atoms with Crippen LogP contribution in [0, 0.1) is 6.92 Å². The zero-order valence-electron chi connectivity index (χ0n) is 22.5. The minimum absolute atomic E-state index is 0.0281. The molecule has 2 amide bonds. The van der Waals surface area contributed by atoms with Gasteiger partial charge in [0.25, 0.3) is 18.2 Å². The van der Waals surface area contributed by atoms with Crippen molar-refractivity contribution in [3.63, 3.8) is 0 Å². The number of hydrogen-bond acceptors (Lipinski definition) is 7. The van der Waals surface area contributed by atoms with Gasteiger partial charge in [-0.25, -0.2) is 13.8 Å². The number of carbonyl (C=O) groups excluding carboxylic acids is 2. The summed E-state index contributed by atoms with van der Waals surface area (Å²) in [7, 11) is 0. The highest BCUT2D eigenvalue weighted by molar-refractivity contribution is 7.21. The van der Waals surface area contributed by atoms with Crippen LogP contribution in [0.2, 0.25) is 0 Å². The first-order valence-electron chi connectivity index (χ1n) is 12.9. The summed E-state index contributed by atoms with van der Waals surface area (Å²) < 4.78 is 40.7. The molecule has 0 saturated carbocycles. The number of pyridine rings is 1. The number of alkyl halides is 2. The molecule has 0 saturated heterocycles. The summed E-state index contributed by atoms with van der Waals surface area (Å²) in [6.45, 7) is 6.37. The van der Waals surface area contributed by atoms with Crippen LogP contribution >= 0.6 is 11.3 Å². The Kier molecular flexibility index (Phi) is 7.84. The van der Waals surface area contributed by atoms with Crippen LogP contribution in [-0.4, -0.2) is 26.6 Å². The Hall–Kier alpha value is -4.58. The molecular formula is C29H27F2N5O4S. The van der Waals surface area contributed by atoms with E-state index in [2.05, 4.69) is 22.3 Å². The number of hydrogen-bond donors (Lipinski definition) is 2. The Morgan fingerprint density at radius 3 is 2.54 bits per heavy atom. The first kappa shape index (κ1) is 28.0. The van der Waals surface area contributed by atoms with E-state index in [9.17, 15) is 18.4 Å². The Balaban J connectivity index is 1.49. The van der Waals surface area contributed by atoms with Crippen molar-refractivity contribution in [3.8, 4) is 16.9 Å². The minimum Gasteiger partial charge on any atom is -0.486 e. The van der Waals surface area contributed by atoms with Gasteiger partial charge >= 0.3 is 0 Å². The Morgan fingerprint density at radius 2 is 1.90 bits per heavy atom. The minimum atomic E-state index is -2.86. The summed E-state index contributed by atoms with van der Waals surface area (Å²) in [5, 5.41) is 7.45. The van der Waals surface area contributed by atoms with E-state index in [-0.39, 0.29) is 27.8 Å². The number of thiophene rings is 1. The SMILES string of the molecule is CCc1ccc(OCc2ccc(C(=O)Nc3c(C(N)=O)sc4nc(C(F)F)cc(-c5cn(CC)nc5C)c34)o2)cc1. The zero-order valence-corrected chi connectivity index (χ0v) is 23.4. The molecular weight excluding hydrogens is 552 g/mol. The van der Waals surface area contributed by atoms with Crippen LogP contribution in [-0.2, 0) is 19.6 Å². The molecule has 0 aliphatic rings. The second kappa shape index (κ2) is 11.5. The van der Waals surface area contributed by atoms with Crippen molar-refractivity contribution in [2.75, 3.05) is 5.32 Å². The predicted molar refractivity (Wildman–Crippen MR) is 152 cm³/mol. The first-order valence-corrected chi connectivity index (χ1v) is 13.7. The number of furan rings is 1. The van der Waals surface area contributed by atoms with Gasteiger partial charge in [0.05, 0.1) is 11.4 Å². The average molecular weight is 580 g/mol. The highest BCUT2D eigenvalue weighted by Crippen LogP contribution is 2.43. The third-order valence-corrected chi connectivity index (χ3v) is 7.62. The normalized spacial score (nSPS) is 11.4. The fourth-order valence-electron chi connectivity index (χ4n) is 4.41. The van der Waals surface area contributed by atoms with E-state index in [1.807, 2.05) is 31.2 Å². The van der Waals surface area contributed by atoms with Gasteiger partial charge in [-0.3, -0.25) is 14.3 Å². The van der Waals surface area contributed by atoms with Crippen molar-refractivity contribution in [2.45, 2.75) is 46.8 Å². The quantitative estimate of drug-likeness (QED) is 0.194. The van der Waals surface area contributed by atoms with E-state index in [1.54, 1.807) is 23.9 Å². The number of benzene rings is 1. The monoisotopic (exact) mass is 579 g/mol. The summed E-state index contributed by atoms with van der Waals surface area (Å²) in [6.07, 6.45) is -0.216. The van der Waals surface area contributed by atoms with Crippen LogP contribution in [0.5, 0.6) is 5.75 Å². The lowest BCUT2D eigenvalue weighted by Crippen LogP contribution is -2.16. The number of aromatic nitrogens is 3. The van der Waals surface area contributed by atoms with Crippen LogP contribution in [0.15, 0.2) is 53.1 Å². The van der Waals surface area contributed by atoms with E-state index in [4.69, 9.17) is 14.9 Å². The number of halogens is 2. The number of carbonyl (C=O) groups is 2. The van der Waals surface area contributed by atoms with E-state index in [0.29, 0.717) is 40.3 Å². The summed E-state index contributed by atoms with van der Waals surface area (Å²) in [6, 6.07) is 12.0. The summed E-state index contributed by atoms with van der Waals surface area (Å²) >= 11 is 0.830.